The number of carbonyl (C=O) groups excluding carboxylic acids is 1. The molecule has 0 aromatic heterocycles. The van der Waals surface area contributed by atoms with Crippen molar-refractivity contribution in [3.63, 3.8) is 0 Å². The normalized spacial score (nSPS) is 11.5. The molecule has 5 N–H and O–H groups in total. The van der Waals surface area contributed by atoms with Crippen LogP contribution in [0.15, 0.2) is 41.3 Å². The van der Waals surface area contributed by atoms with Gasteiger partial charge in [0.15, 0.2) is 0 Å². The highest BCUT2D eigenvalue weighted by Crippen LogP contribution is 2.25. The van der Waals surface area contributed by atoms with E-state index in [1.54, 1.807) is 0 Å². The molecule has 0 saturated carbocycles. The number of amides is 1. The maximum absolute atomic E-state index is 13.2. The summed E-state index contributed by atoms with van der Waals surface area (Å²) in [6, 6.07) is 6.03. The van der Waals surface area contributed by atoms with Gasteiger partial charge >= 0.3 is 0 Å². The lowest BCUT2D eigenvalue weighted by Gasteiger charge is -2.10. The lowest BCUT2D eigenvalue weighted by Crippen LogP contribution is -2.17. The molecule has 2 aromatic rings. The van der Waals surface area contributed by atoms with Crippen LogP contribution in [0.3, 0.4) is 0 Å². The molecular formula is C14H12F3N3O3S. The Bertz CT molecular complexity index is 901. The van der Waals surface area contributed by atoms with Crippen LogP contribution in [0.5, 0.6) is 0 Å². The van der Waals surface area contributed by atoms with Gasteiger partial charge in [-0.15, -0.1) is 0 Å². The number of benzene rings is 2. The number of nitrogens with one attached hydrogen (secondary N) is 1. The summed E-state index contributed by atoms with van der Waals surface area (Å²) in [5.41, 5.74) is 4.28. The summed E-state index contributed by atoms with van der Waals surface area (Å²) >= 11 is 0. The van der Waals surface area contributed by atoms with E-state index in [0.717, 1.165) is 24.3 Å². The number of nitrogen functional groups attached to an aromatic ring is 1. The molecule has 24 heavy (non-hydrogen) atoms. The largest absolute Gasteiger partial charge is 0.398 e. The molecule has 1 amide bonds. The van der Waals surface area contributed by atoms with Crippen molar-refractivity contribution >= 4 is 27.3 Å². The van der Waals surface area contributed by atoms with Crippen LogP contribution in [0.4, 0.5) is 24.5 Å². The first-order valence-corrected chi connectivity index (χ1v) is 7.95. The molecule has 0 spiro atoms. The number of alkyl halides is 2. The lowest BCUT2D eigenvalue weighted by molar-refractivity contribution is 0.102. The molecule has 0 aliphatic rings. The zero-order valence-corrected chi connectivity index (χ0v) is 12.8. The van der Waals surface area contributed by atoms with Gasteiger partial charge in [0.25, 0.3) is 12.3 Å². The van der Waals surface area contributed by atoms with E-state index in [1.807, 2.05) is 0 Å². The number of sulfonamides is 1. The van der Waals surface area contributed by atoms with Gasteiger partial charge in [0.2, 0.25) is 10.0 Å². The highest BCUT2D eigenvalue weighted by molar-refractivity contribution is 7.89. The fraction of sp³-hybridized carbons (Fsp3) is 0.0714. The first kappa shape index (κ1) is 17.8. The first-order valence-electron chi connectivity index (χ1n) is 6.41. The number of halogens is 3. The molecule has 0 unspecified atom stereocenters. The molecule has 0 heterocycles. The van der Waals surface area contributed by atoms with E-state index >= 15 is 0 Å². The van der Waals surface area contributed by atoms with Crippen molar-refractivity contribution in [3.05, 3.63) is 53.3 Å². The molecule has 0 bridgehead atoms. The van der Waals surface area contributed by atoms with Gasteiger partial charge in [-0.2, -0.15) is 0 Å². The van der Waals surface area contributed by atoms with Gasteiger partial charge in [-0.25, -0.2) is 26.7 Å². The van der Waals surface area contributed by atoms with Crippen LogP contribution in [0, 0.1) is 5.82 Å². The maximum atomic E-state index is 13.2. The molecule has 6 nitrogen and oxygen atoms in total. The number of hydrogen-bond donors (Lipinski definition) is 3. The summed E-state index contributed by atoms with van der Waals surface area (Å²) in [5, 5.41) is 7.25. The van der Waals surface area contributed by atoms with Gasteiger partial charge in [0.05, 0.1) is 11.3 Å². The highest BCUT2D eigenvalue weighted by atomic mass is 32.2. The number of rotatable bonds is 4. The second-order valence-electron chi connectivity index (χ2n) is 4.79. The Kier molecular flexibility index (Phi) is 4.81. The first-order chi connectivity index (χ1) is 11.1. The van der Waals surface area contributed by atoms with Crippen LogP contribution in [0.25, 0.3) is 0 Å². The Hall–Kier alpha value is -2.59. The lowest BCUT2D eigenvalue weighted by atomic mass is 10.1. The van der Waals surface area contributed by atoms with Gasteiger partial charge in [-0.05, 0) is 36.4 Å². The van der Waals surface area contributed by atoms with Crippen LogP contribution < -0.4 is 16.2 Å². The average Bonchev–Trinajstić information content (AvgIpc) is 2.48. The van der Waals surface area contributed by atoms with Crippen LogP contribution >= 0.6 is 0 Å². The Morgan fingerprint density at radius 1 is 1.12 bits per heavy atom. The predicted octanol–water partition coefficient (Wildman–Crippen LogP) is 2.25. The quantitative estimate of drug-likeness (QED) is 0.726. The second-order valence-corrected chi connectivity index (χ2v) is 6.32. The third kappa shape index (κ3) is 3.84. The molecule has 2 aromatic carbocycles. The number of carbonyl (C=O) groups is 1. The van der Waals surface area contributed by atoms with Crippen LogP contribution in [0.2, 0.25) is 0 Å². The van der Waals surface area contributed by atoms with Gasteiger partial charge in [-0.1, -0.05) is 0 Å². The van der Waals surface area contributed by atoms with Crippen molar-refractivity contribution in [2.75, 3.05) is 11.1 Å². The van der Waals surface area contributed by atoms with E-state index in [4.69, 9.17) is 10.9 Å². The maximum Gasteiger partial charge on any atom is 0.266 e. The SMILES string of the molecule is Nc1ccc(C(=O)Nc2ccc(F)c(C(F)F)c2)cc1S(N)(=O)=O. The van der Waals surface area contributed by atoms with Crippen molar-refractivity contribution in [3.8, 4) is 0 Å². The summed E-state index contributed by atoms with van der Waals surface area (Å²) in [7, 11) is -4.14. The second kappa shape index (κ2) is 6.49. The van der Waals surface area contributed by atoms with Crippen LogP contribution in [0.1, 0.15) is 22.3 Å². The van der Waals surface area contributed by atoms with E-state index in [1.165, 1.54) is 12.1 Å². The average molecular weight is 359 g/mol. The molecule has 2 rings (SSSR count). The fourth-order valence-corrected chi connectivity index (χ4v) is 2.60. The summed E-state index contributed by atoms with van der Waals surface area (Å²) in [6.45, 7) is 0. The minimum absolute atomic E-state index is 0.0781. The molecule has 0 saturated heterocycles. The summed E-state index contributed by atoms with van der Waals surface area (Å²) in [6.07, 6.45) is -3.05. The Morgan fingerprint density at radius 3 is 2.38 bits per heavy atom. The molecular weight excluding hydrogens is 347 g/mol. The minimum Gasteiger partial charge on any atom is -0.398 e. The molecule has 0 radical (unpaired) electrons. The van der Waals surface area contributed by atoms with Gasteiger partial charge in [-0.3, -0.25) is 4.79 Å². The topological polar surface area (TPSA) is 115 Å². The van der Waals surface area contributed by atoms with Gasteiger partial charge in [0.1, 0.15) is 10.7 Å². The van der Waals surface area contributed by atoms with E-state index in [9.17, 15) is 26.4 Å². The number of nitrogens with two attached hydrogens (primary N) is 2. The third-order valence-electron chi connectivity index (χ3n) is 3.07. The monoisotopic (exact) mass is 359 g/mol. The Balaban J connectivity index is 2.33. The molecule has 0 aliphatic carbocycles. The molecule has 0 atom stereocenters. The molecule has 0 aliphatic heterocycles. The summed E-state index contributed by atoms with van der Waals surface area (Å²) in [5.74, 6) is -1.90. The van der Waals surface area contributed by atoms with Crippen molar-refractivity contribution in [2.24, 2.45) is 5.14 Å². The van der Waals surface area contributed by atoms with Crippen molar-refractivity contribution in [1.82, 2.24) is 0 Å². The van der Waals surface area contributed by atoms with Gasteiger partial charge < -0.3 is 11.1 Å². The molecule has 0 fully saturated rings. The van der Waals surface area contributed by atoms with E-state index in [-0.39, 0.29) is 16.9 Å². The van der Waals surface area contributed by atoms with Crippen LogP contribution in [-0.2, 0) is 10.0 Å². The predicted molar refractivity (Wildman–Crippen MR) is 81.5 cm³/mol. The zero-order valence-electron chi connectivity index (χ0n) is 12.0. The van der Waals surface area contributed by atoms with E-state index in [2.05, 4.69) is 5.32 Å². The minimum atomic E-state index is -4.14. The standard InChI is InChI=1S/C14H12F3N3O3S/c15-10-3-2-8(6-9(10)13(16)17)20-14(21)7-1-4-11(18)12(5-7)24(19,22)23/h1-6,13H,18H2,(H,20,21)(H2,19,22,23). The fourth-order valence-electron chi connectivity index (χ4n) is 1.91. The summed E-state index contributed by atoms with van der Waals surface area (Å²) < 4.78 is 61.3. The number of anilines is 2. The summed E-state index contributed by atoms with van der Waals surface area (Å²) in [4.78, 5) is 11.7. The van der Waals surface area contributed by atoms with E-state index < -0.39 is 38.6 Å². The zero-order chi connectivity index (χ0) is 18.1. The van der Waals surface area contributed by atoms with Gasteiger partial charge in [0, 0.05) is 11.3 Å². The smallest absolute Gasteiger partial charge is 0.266 e. The molecule has 10 heteroatoms. The van der Waals surface area contributed by atoms with E-state index in [0.29, 0.717) is 0 Å². The third-order valence-corrected chi connectivity index (χ3v) is 4.04. The van der Waals surface area contributed by atoms with Crippen LogP contribution in [-0.4, -0.2) is 14.3 Å². The highest BCUT2D eigenvalue weighted by Gasteiger charge is 2.18. The van der Waals surface area contributed by atoms with Crippen molar-refractivity contribution in [2.45, 2.75) is 11.3 Å². The van der Waals surface area contributed by atoms with Crippen molar-refractivity contribution in [1.29, 1.82) is 0 Å². The Morgan fingerprint density at radius 2 is 1.79 bits per heavy atom. The number of primary sulfonamides is 1. The Labute approximate surface area is 135 Å². The number of hydrogen-bond acceptors (Lipinski definition) is 4. The molecule has 128 valence electrons. The van der Waals surface area contributed by atoms with Crippen molar-refractivity contribution < 1.29 is 26.4 Å².